The van der Waals surface area contributed by atoms with E-state index in [2.05, 4.69) is 31.2 Å². The topological polar surface area (TPSA) is 26.3 Å². The molecule has 0 saturated heterocycles. The van der Waals surface area contributed by atoms with E-state index in [1.807, 2.05) is 6.08 Å². The number of fused-ring (bicyclic) bond motifs is 9. The molecule has 5 aliphatic carbocycles. The lowest BCUT2D eigenvalue weighted by Gasteiger charge is -2.55. The van der Waals surface area contributed by atoms with Gasteiger partial charge in [0.2, 0.25) is 0 Å². The zero-order valence-corrected chi connectivity index (χ0v) is 14.4. The first kappa shape index (κ1) is 14.1. The fraction of sp³-hybridized carbons (Fsp3) is 0.682. The van der Waals surface area contributed by atoms with Gasteiger partial charge >= 0.3 is 0 Å². The van der Waals surface area contributed by atoms with Crippen LogP contribution in [0.3, 0.4) is 0 Å². The molecule has 0 radical (unpaired) electrons. The molecule has 0 amide bonds. The Kier molecular flexibility index (Phi) is 2.54. The van der Waals surface area contributed by atoms with Gasteiger partial charge in [0.1, 0.15) is 0 Å². The Morgan fingerprint density at radius 3 is 3.00 bits per heavy atom. The molecule has 24 heavy (non-hydrogen) atoms. The minimum absolute atomic E-state index is 0.0415. The van der Waals surface area contributed by atoms with Gasteiger partial charge in [0.05, 0.1) is 12.2 Å². The summed E-state index contributed by atoms with van der Waals surface area (Å²) < 4.78 is 6.44. The number of rotatable bonds is 0. The van der Waals surface area contributed by atoms with Crippen LogP contribution in [0.1, 0.15) is 39.0 Å². The Balaban J connectivity index is 1.43. The van der Waals surface area contributed by atoms with Crippen LogP contribution in [0, 0.1) is 40.9 Å². The molecule has 1 aliphatic heterocycles. The maximum Gasteiger partial charge on any atom is 0.155 e. The molecular weight excluding hydrogens is 296 g/mol. The van der Waals surface area contributed by atoms with Crippen molar-refractivity contribution in [1.82, 2.24) is 0 Å². The Labute approximate surface area is 144 Å². The van der Waals surface area contributed by atoms with E-state index in [0.717, 1.165) is 43.1 Å². The predicted octanol–water partition coefficient (Wildman–Crippen LogP) is 4.09. The lowest BCUT2D eigenvalue weighted by Crippen LogP contribution is -2.54. The molecule has 6 rings (SSSR count). The maximum atomic E-state index is 11.8. The summed E-state index contributed by atoms with van der Waals surface area (Å²) in [5.41, 5.74) is 1.68. The van der Waals surface area contributed by atoms with Crippen molar-refractivity contribution < 1.29 is 9.53 Å². The molecule has 2 nitrogen and oxygen atoms in total. The van der Waals surface area contributed by atoms with Gasteiger partial charge in [-0.25, -0.2) is 0 Å². The molecule has 1 heterocycles. The van der Waals surface area contributed by atoms with Crippen LogP contribution in [0.15, 0.2) is 36.0 Å². The van der Waals surface area contributed by atoms with Crippen molar-refractivity contribution >= 4 is 5.78 Å². The van der Waals surface area contributed by atoms with Crippen LogP contribution in [0.5, 0.6) is 0 Å². The largest absolute Gasteiger partial charge is 0.366 e. The third-order valence-corrected chi connectivity index (χ3v) is 8.66. The average molecular weight is 322 g/mol. The molecule has 6 aliphatic rings. The van der Waals surface area contributed by atoms with Crippen molar-refractivity contribution in [2.75, 3.05) is 6.61 Å². The van der Waals surface area contributed by atoms with Crippen molar-refractivity contribution in [3.05, 3.63) is 36.0 Å². The first-order valence-electron chi connectivity index (χ1n) is 9.88. The van der Waals surface area contributed by atoms with Crippen LogP contribution in [0.2, 0.25) is 0 Å². The van der Waals surface area contributed by atoms with Crippen LogP contribution < -0.4 is 0 Å². The highest BCUT2D eigenvalue weighted by molar-refractivity contribution is 5.91. The lowest BCUT2D eigenvalue weighted by atomic mass is 9.50. The molecule has 6 unspecified atom stereocenters. The van der Waals surface area contributed by atoms with E-state index in [0.29, 0.717) is 23.0 Å². The number of ether oxygens (including phenoxy) is 1. The molecule has 0 aromatic carbocycles. The summed E-state index contributed by atoms with van der Waals surface area (Å²) in [7, 11) is 0. The standard InChI is InChI=1S/C22H26O2/c1-21-9-7-16-15-6-4-14(23)11-13(15)3-5-17(16)20(21)18-12-19(18)22(21)8-2-10-24-22/h2-3,5,8,11,15-20H,4,6-7,9-10,12H2,1H3/t15?,16?,17?,18?,19-,20?,21?,22+/m1/s1. The van der Waals surface area contributed by atoms with Crippen LogP contribution in [-0.2, 0) is 9.53 Å². The fourth-order valence-corrected chi connectivity index (χ4v) is 7.72. The molecule has 3 fully saturated rings. The molecule has 0 N–H and O–H groups in total. The molecular formula is C22H26O2. The Morgan fingerprint density at radius 1 is 1.25 bits per heavy atom. The van der Waals surface area contributed by atoms with Gasteiger partial charge in [0.15, 0.2) is 5.78 Å². The van der Waals surface area contributed by atoms with Crippen molar-refractivity contribution in [2.45, 2.75) is 44.6 Å². The molecule has 1 spiro atoms. The zero-order chi connectivity index (χ0) is 16.1. The quantitative estimate of drug-likeness (QED) is 0.628. The van der Waals surface area contributed by atoms with E-state index in [1.54, 1.807) is 0 Å². The smallest absolute Gasteiger partial charge is 0.155 e. The fourth-order valence-electron chi connectivity index (χ4n) is 7.72. The summed E-state index contributed by atoms with van der Waals surface area (Å²) in [4.78, 5) is 11.8. The first-order chi connectivity index (χ1) is 11.6. The number of hydrogen-bond acceptors (Lipinski definition) is 2. The second-order valence-electron chi connectivity index (χ2n) is 9.35. The Bertz CT molecular complexity index is 715. The monoisotopic (exact) mass is 322 g/mol. The summed E-state index contributed by atoms with van der Waals surface area (Å²) in [5.74, 6) is 4.83. The third kappa shape index (κ3) is 1.47. The SMILES string of the molecule is CC12CCC3C4CCC(=O)C=C4C=CC3C1C1C[C@H]1[C@@]21C=CCO1. The van der Waals surface area contributed by atoms with Crippen LogP contribution in [0.4, 0.5) is 0 Å². The molecule has 0 aromatic rings. The van der Waals surface area contributed by atoms with Crippen molar-refractivity contribution in [2.24, 2.45) is 40.9 Å². The number of hydrogen-bond donors (Lipinski definition) is 0. The van der Waals surface area contributed by atoms with Gasteiger partial charge in [0, 0.05) is 11.8 Å². The summed E-state index contributed by atoms with van der Waals surface area (Å²) in [6.45, 7) is 3.34. The van der Waals surface area contributed by atoms with Crippen molar-refractivity contribution in [3.8, 4) is 0 Å². The Hall–Kier alpha value is -1.15. The van der Waals surface area contributed by atoms with Gasteiger partial charge in [0.25, 0.3) is 0 Å². The van der Waals surface area contributed by atoms with E-state index in [1.165, 1.54) is 24.8 Å². The molecule has 0 bridgehead atoms. The predicted molar refractivity (Wildman–Crippen MR) is 92.2 cm³/mol. The normalized spacial score (nSPS) is 56.5. The van der Waals surface area contributed by atoms with Gasteiger partial charge in [-0.05, 0) is 72.8 Å². The Morgan fingerprint density at radius 2 is 2.17 bits per heavy atom. The molecule has 0 aromatic heterocycles. The molecule has 2 heteroatoms. The highest BCUT2D eigenvalue weighted by Crippen LogP contribution is 2.77. The van der Waals surface area contributed by atoms with E-state index in [4.69, 9.17) is 4.74 Å². The highest BCUT2D eigenvalue weighted by Gasteiger charge is 2.76. The lowest BCUT2D eigenvalue weighted by molar-refractivity contribution is -0.122. The molecule has 3 saturated carbocycles. The van der Waals surface area contributed by atoms with Gasteiger partial charge in [-0.3, -0.25) is 4.79 Å². The van der Waals surface area contributed by atoms with Crippen molar-refractivity contribution in [3.63, 3.8) is 0 Å². The van der Waals surface area contributed by atoms with Gasteiger partial charge in [-0.15, -0.1) is 0 Å². The number of ketones is 1. The first-order valence-corrected chi connectivity index (χ1v) is 9.88. The summed E-state index contributed by atoms with van der Waals surface area (Å²) in [6, 6.07) is 0. The minimum atomic E-state index is 0.0415. The summed E-state index contributed by atoms with van der Waals surface area (Å²) >= 11 is 0. The molecule has 126 valence electrons. The second kappa shape index (κ2) is 4.33. The average Bonchev–Trinajstić information content (AvgIpc) is 3.13. The highest BCUT2D eigenvalue weighted by atomic mass is 16.5. The van der Waals surface area contributed by atoms with E-state index < -0.39 is 0 Å². The maximum absolute atomic E-state index is 11.8. The second-order valence-corrected chi connectivity index (χ2v) is 9.35. The number of carbonyl (C=O) groups is 1. The van der Waals surface area contributed by atoms with Gasteiger partial charge in [-0.1, -0.05) is 31.2 Å². The zero-order valence-electron chi connectivity index (χ0n) is 14.4. The number of carbonyl (C=O) groups excluding carboxylic acids is 1. The van der Waals surface area contributed by atoms with Crippen LogP contribution >= 0.6 is 0 Å². The van der Waals surface area contributed by atoms with Gasteiger partial charge in [-0.2, -0.15) is 0 Å². The van der Waals surface area contributed by atoms with E-state index in [9.17, 15) is 4.79 Å². The summed E-state index contributed by atoms with van der Waals surface area (Å²) in [6.07, 6.45) is 17.2. The van der Waals surface area contributed by atoms with Crippen LogP contribution in [0.25, 0.3) is 0 Å². The summed E-state index contributed by atoms with van der Waals surface area (Å²) in [5, 5.41) is 0. The third-order valence-electron chi connectivity index (χ3n) is 8.66. The van der Waals surface area contributed by atoms with Crippen LogP contribution in [-0.4, -0.2) is 18.0 Å². The molecule has 8 atom stereocenters. The number of allylic oxidation sites excluding steroid dienone is 4. The minimum Gasteiger partial charge on any atom is -0.366 e. The van der Waals surface area contributed by atoms with Gasteiger partial charge < -0.3 is 4.74 Å². The van der Waals surface area contributed by atoms with E-state index >= 15 is 0 Å². The van der Waals surface area contributed by atoms with E-state index in [-0.39, 0.29) is 5.60 Å². The van der Waals surface area contributed by atoms with Crippen molar-refractivity contribution in [1.29, 1.82) is 0 Å².